The Balaban J connectivity index is 4.11. The molecule has 4 N–H and O–H groups in total. The van der Waals surface area contributed by atoms with E-state index < -0.39 is 6.04 Å². The van der Waals surface area contributed by atoms with Gasteiger partial charge < -0.3 is 16.2 Å². The molecule has 0 rings (SSSR count). The van der Waals surface area contributed by atoms with Crippen LogP contribution in [0, 0.1) is 5.92 Å². The van der Waals surface area contributed by atoms with Crippen LogP contribution in [0.1, 0.15) is 40.5 Å². The first-order valence-corrected chi connectivity index (χ1v) is 5.47. The quantitative estimate of drug-likeness (QED) is 0.610. The summed E-state index contributed by atoms with van der Waals surface area (Å²) in [6.07, 6.45) is 1.22. The first-order chi connectivity index (χ1) is 6.78. The molecule has 0 unspecified atom stereocenters. The van der Waals surface area contributed by atoms with E-state index in [2.05, 4.69) is 5.32 Å². The van der Waals surface area contributed by atoms with Gasteiger partial charge in [-0.25, -0.2) is 0 Å². The molecule has 4 heteroatoms. The molecule has 0 saturated carbocycles. The van der Waals surface area contributed by atoms with Crippen LogP contribution in [0.4, 0.5) is 0 Å². The molecule has 0 spiro atoms. The maximum Gasteiger partial charge on any atom is 0.237 e. The van der Waals surface area contributed by atoms with Crippen LogP contribution in [0.3, 0.4) is 0 Å². The SMILES string of the molecule is CC(C)C[C@@H](N)C(=O)NC(C)(C)CCO. The van der Waals surface area contributed by atoms with Crippen LogP contribution < -0.4 is 11.1 Å². The Kier molecular flexibility index (Phi) is 5.83. The van der Waals surface area contributed by atoms with Gasteiger partial charge in [0.15, 0.2) is 0 Å². The van der Waals surface area contributed by atoms with Crippen LogP contribution in [0.15, 0.2) is 0 Å². The van der Waals surface area contributed by atoms with Crippen molar-refractivity contribution in [2.24, 2.45) is 11.7 Å². The van der Waals surface area contributed by atoms with Crippen LogP contribution in [0.25, 0.3) is 0 Å². The summed E-state index contributed by atoms with van der Waals surface area (Å²) in [7, 11) is 0. The molecular weight excluding hydrogens is 192 g/mol. The average Bonchev–Trinajstić information content (AvgIpc) is 2.01. The van der Waals surface area contributed by atoms with Crippen molar-refractivity contribution in [2.75, 3.05) is 6.61 Å². The van der Waals surface area contributed by atoms with Crippen molar-refractivity contribution in [3.05, 3.63) is 0 Å². The summed E-state index contributed by atoms with van der Waals surface area (Å²) < 4.78 is 0. The lowest BCUT2D eigenvalue weighted by atomic mass is 9.98. The van der Waals surface area contributed by atoms with Gasteiger partial charge in [0, 0.05) is 12.1 Å². The summed E-state index contributed by atoms with van der Waals surface area (Å²) in [5.41, 5.74) is 5.36. The fraction of sp³-hybridized carbons (Fsp3) is 0.909. The first kappa shape index (κ1) is 14.4. The van der Waals surface area contributed by atoms with Crippen LogP contribution in [-0.4, -0.2) is 29.2 Å². The normalized spacial score (nSPS) is 14.1. The second-order valence-corrected chi connectivity index (χ2v) is 5.08. The van der Waals surface area contributed by atoms with Crippen molar-refractivity contribution in [1.29, 1.82) is 0 Å². The van der Waals surface area contributed by atoms with E-state index >= 15 is 0 Å². The van der Waals surface area contributed by atoms with Gasteiger partial charge in [0.05, 0.1) is 6.04 Å². The molecule has 15 heavy (non-hydrogen) atoms. The van der Waals surface area contributed by atoms with E-state index in [1.54, 1.807) is 0 Å². The summed E-state index contributed by atoms with van der Waals surface area (Å²) in [6.45, 7) is 7.89. The van der Waals surface area contributed by atoms with Crippen LogP contribution in [0.2, 0.25) is 0 Å². The lowest BCUT2D eigenvalue weighted by molar-refractivity contribution is -0.124. The molecule has 1 amide bonds. The molecule has 0 radical (unpaired) electrons. The van der Waals surface area contributed by atoms with Gasteiger partial charge in [-0.1, -0.05) is 13.8 Å². The van der Waals surface area contributed by atoms with Gasteiger partial charge in [-0.05, 0) is 32.6 Å². The summed E-state index contributed by atoms with van der Waals surface area (Å²) in [5.74, 6) is 0.272. The lowest BCUT2D eigenvalue weighted by Gasteiger charge is -2.27. The highest BCUT2D eigenvalue weighted by Gasteiger charge is 2.23. The lowest BCUT2D eigenvalue weighted by Crippen LogP contribution is -2.51. The van der Waals surface area contributed by atoms with Crippen molar-refractivity contribution in [3.8, 4) is 0 Å². The standard InChI is InChI=1S/C11H24N2O2/c1-8(2)7-9(12)10(15)13-11(3,4)5-6-14/h8-9,14H,5-7,12H2,1-4H3,(H,13,15)/t9-/m1/s1. The van der Waals surface area contributed by atoms with E-state index in [9.17, 15) is 4.79 Å². The number of nitrogens with two attached hydrogens (primary N) is 1. The van der Waals surface area contributed by atoms with Crippen LogP contribution in [-0.2, 0) is 4.79 Å². The number of rotatable bonds is 6. The zero-order valence-corrected chi connectivity index (χ0v) is 10.2. The summed E-state index contributed by atoms with van der Waals surface area (Å²) >= 11 is 0. The predicted molar refractivity (Wildman–Crippen MR) is 61.4 cm³/mol. The number of carbonyl (C=O) groups is 1. The minimum absolute atomic E-state index is 0.0622. The topological polar surface area (TPSA) is 75.4 Å². The van der Waals surface area contributed by atoms with Gasteiger partial charge >= 0.3 is 0 Å². The van der Waals surface area contributed by atoms with Gasteiger partial charge in [0.1, 0.15) is 0 Å². The van der Waals surface area contributed by atoms with Crippen molar-refractivity contribution < 1.29 is 9.90 Å². The highest BCUT2D eigenvalue weighted by Crippen LogP contribution is 2.09. The number of carbonyl (C=O) groups excluding carboxylic acids is 1. The van der Waals surface area contributed by atoms with E-state index in [0.29, 0.717) is 18.8 Å². The third kappa shape index (κ3) is 6.47. The van der Waals surface area contributed by atoms with E-state index in [-0.39, 0.29) is 18.1 Å². The van der Waals surface area contributed by atoms with Gasteiger partial charge in [0.2, 0.25) is 5.91 Å². The van der Waals surface area contributed by atoms with Crippen molar-refractivity contribution in [2.45, 2.75) is 52.1 Å². The maximum absolute atomic E-state index is 11.7. The summed E-state index contributed by atoms with van der Waals surface area (Å²) in [6, 6.07) is -0.456. The number of hydrogen-bond acceptors (Lipinski definition) is 3. The van der Waals surface area contributed by atoms with Crippen LogP contribution >= 0.6 is 0 Å². The van der Waals surface area contributed by atoms with E-state index in [1.807, 2.05) is 27.7 Å². The molecule has 0 fully saturated rings. The Morgan fingerprint density at radius 1 is 1.47 bits per heavy atom. The summed E-state index contributed by atoms with van der Waals surface area (Å²) in [5, 5.41) is 11.7. The van der Waals surface area contributed by atoms with Gasteiger partial charge in [-0.3, -0.25) is 4.79 Å². The van der Waals surface area contributed by atoms with E-state index in [0.717, 1.165) is 0 Å². The minimum atomic E-state index is -0.456. The number of aliphatic hydroxyl groups is 1. The Bertz CT molecular complexity index is 203. The molecule has 0 saturated heterocycles. The second kappa shape index (κ2) is 6.08. The molecule has 0 aliphatic rings. The smallest absolute Gasteiger partial charge is 0.237 e. The van der Waals surface area contributed by atoms with Gasteiger partial charge in [-0.2, -0.15) is 0 Å². The number of aliphatic hydroxyl groups excluding tert-OH is 1. The van der Waals surface area contributed by atoms with Crippen molar-refractivity contribution >= 4 is 5.91 Å². The van der Waals surface area contributed by atoms with Crippen molar-refractivity contribution in [1.82, 2.24) is 5.32 Å². The summed E-state index contributed by atoms with van der Waals surface area (Å²) in [4.78, 5) is 11.7. The number of nitrogens with one attached hydrogen (secondary N) is 1. The molecule has 90 valence electrons. The molecule has 0 aliphatic carbocycles. The fourth-order valence-electron chi connectivity index (χ4n) is 1.38. The molecule has 0 heterocycles. The fourth-order valence-corrected chi connectivity index (χ4v) is 1.38. The molecule has 0 aliphatic heterocycles. The molecule has 0 aromatic carbocycles. The highest BCUT2D eigenvalue weighted by atomic mass is 16.3. The maximum atomic E-state index is 11.7. The van der Waals surface area contributed by atoms with Gasteiger partial charge in [0.25, 0.3) is 0 Å². The monoisotopic (exact) mass is 216 g/mol. The molecule has 1 atom stereocenters. The molecule has 0 aromatic rings. The average molecular weight is 216 g/mol. The predicted octanol–water partition coefficient (Wildman–Crippen LogP) is 0.637. The molecular formula is C11H24N2O2. The van der Waals surface area contributed by atoms with Crippen LogP contribution in [0.5, 0.6) is 0 Å². The molecule has 4 nitrogen and oxygen atoms in total. The zero-order chi connectivity index (χ0) is 12.1. The Morgan fingerprint density at radius 2 is 2.00 bits per heavy atom. The number of hydrogen-bond donors (Lipinski definition) is 3. The highest BCUT2D eigenvalue weighted by molar-refractivity contribution is 5.82. The zero-order valence-electron chi connectivity index (χ0n) is 10.2. The Labute approximate surface area is 92.2 Å². The van der Waals surface area contributed by atoms with Gasteiger partial charge in [-0.15, -0.1) is 0 Å². The Morgan fingerprint density at radius 3 is 2.40 bits per heavy atom. The van der Waals surface area contributed by atoms with Crippen molar-refractivity contribution in [3.63, 3.8) is 0 Å². The third-order valence-corrected chi connectivity index (χ3v) is 2.26. The van der Waals surface area contributed by atoms with E-state index in [1.165, 1.54) is 0 Å². The number of amides is 1. The minimum Gasteiger partial charge on any atom is -0.396 e. The third-order valence-electron chi connectivity index (χ3n) is 2.26. The molecule has 0 bridgehead atoms. The first-order valence-electron chi connectivity index (χ1n) is 5.47. The Hall–Kier alpha value is -0.610. The van der Waals surface area contributed by atoms with E-state index in [4.69, 9.17) is 10.8 Å². The second-order valence-electron chi connectivity index (χ2n) is 5.08. The largest absolute Gasteiger partial charge is 0.396 e. The molecule has 0 aromatic heterocycles.